The lowest BCUT2D eigenvalue weighted by Crippen LogP contribution is -2.29. The molecule has 1 unspecified atom stereocenters. The van der Waals surface area contributed by atoms with Crippen LogP contribution in [0.15, 0.2) is 96.6 Å². The molecule has 27 heavy (non-hydrogen) atoms. The number of Topliss-reactive ketones (excluding diaryl/α,β-unsaturated/α-hetero) is 1. The van der Waals surface area contributed by atoms with Gasteiger partial charge in [0.1, 0.15) is 5.76 Å². The van der Waals surface area contributed by atoms with E-state index in [0.29, 0.717) is 11.3 Å². The van der Waals surface area contributed by atoms with E-state index in [1.165, 1.54) is 4.90 Å². The molecule has 0 saturated carbocycles. The van der Waals surface area contributed by atoms with Crippen LogP contribution >= 0.6 is 0 Å². The van der Waals surface area contributed by atoms with Crippen LogP contribution in [0.3, 0.4) is 0 Å². The third-order valence-electron chi connectivity index (χ3n) is 4.64. The highest BCUT2D eigenvalue weighted by Gasteiger charge is 2.46. The number of amides is 1. The smallest absolute Gasteiger partial charge is 0.300 e. The molecular weight excluding hydrogens is 338 g/mol. The summed E-state index contributed by atoms with van der Waals surface area (Å²) in [6, 6.07) is 26.4. The number of aliphatic hydroxyl groups is 1. The monoisotopic (exact) mass is 355 g/mol. The Kier molecular flexibility index (Phi) is 4.30. The number of hydrogen-bond acceptors (Lipinski definition) is 3. The van der Waals surface area contributed by atoms with Gasteiger partial charge in [0.25, 0.3) is 11.7 Å². The molecule has 1 N–H and O–H groups in total. The van der Waals surface area contributed by atoms with Crippen LogP contribution in [0.25, 0.3) is 5.76 Å². The van der Waals surface area contributed by atoms with Crippen molar-refractivity contribution in [2.24, 2.45) is 0 Å². The molecule has 3 aromatic carbocycles. The predicted octanol–water partition coefficient (Wildman–Crippen LogP) is 4.31. The van der Waals surface area contributed by atoms with E-state index in [2.05, 4.69) is 0 Å². The molecule has 1 aliphatic heterocycles. The number of aliphatic hydroxyl groups excluding tert-OH is 1. The normalized spacial score (nSPS) is 18.7. The Hall–Kier alpha value is -3.66. The van der Waals surface area contributed by atoms with Gasteiger partial charge in [-0.15, -0.1) is 0 Å². The molecule has 4 heteroatoms. The number of benzene rings is 3. The number of para-hydroxylation sites is 1. The fraction of sp³-hybridized carbons (Fsp3) is 0.0435. The Balaban J connectivity index is 1.95. The van der Waals surface area contributed by atoms with Gasteiger partial charge in [-0.2, -0.15) is 0 Å². The van der Waals surface area contributed by atoms with Crippen molar-refractivity contribution in [3.63, 3.8) is 0 Å². The lowest BCUT2D eigenvalue weighted by Gasteiger charge is -2.25. The van der Waals surface area contributed by atoms with Crippen molar-refractivity contribution in [2.75, 3.05) is 4.90 Å². The van der Waals surface area contributed by atoms with Crippen LogP contribution in [0.4, 0.5) is 5.69 Å². The molecule has 1 fully saturated rings. The van der Waals surface area contributed by atoms with Gasteiger partial charge in [-0.25, -0.2) is 0 Å². The third-order valence-corrected chi connectivity index (χ3v) is 4.64. The maximum Gasteiger partial charge on any atom is 0.300 e. The molecule has 0 aliphatic carbocycles. The Bertz CT molecular complexity index is 1010. The van der Waals surface area contributed by atoms with Gasteiger partial charge in [-0.3, -0.25) is 14.5 Å². The van der Waals surface area contributed by atoms with E-state index in [-0.39, 0.29) is 11.3 Å². The SMILES string of the molecule is O=C1C(=O)N(c2ccccc2)C(c2ccccc2)C1=C(O)c1ccccc1. The van der Waals surface area contributed by atoms with Gasteiger partial charge in [-0.1, -0.05) is 78.9 Å². The van der Waals surface area contributed by atoms with E-state index in [4.69, 9.17) is 0 Å². The number of anilines is 1. The minimum Gasteiger partial charge on any atom is -0.507 e. The summed E-state index contributed by atoms with van der Waals surface area (Å²) in [5.41, 5.74) is 1.98. The summed E-state index contributed by atoms with van der Waals surface area (Å²) < 4.78 is 0. The van der Waals surface area contributed by atoms with E-state index in [1.807, 2.05) is 54.6 Å². The highest BCUT2D eigenvalue weighted by Crippen LogP contribution is 2.41. The molecule has 132 valence electrons. The second-order valence-electron chi connectivity index (χ2n) is 6.28. The minimum absolute atomic E-state index is 0.0984. The second kappa shape index (κ2) is 6.92. The first-order chi connectivity index (χ1) is 13.2. The van der Waals surface area contributed by atoms with Gasteiger partial charge in [0.2, 0.25) is 0 Å². The van der Waals surface area contributed by atoms with Crippen LogP contribution in [0.1, 0.15) is 17.2 Å². The highest BCUT2D eigenvalue weighted by atomic mass is 16.3. The molecule has 1 aliphatic rings. The van der Waals surface area contributed by atoms with Crippen molar-refractivity contribution in [1.82, 2.24) is 0 Å². The Labute approximate surface area is 157 Å². The fourth-order valence-corrected chi connectivity index (χ4v) is 3.39. The van der Waals surface area contributed by atoms with Crippen molar-refractivity contribution in [3.8, 4) is 0 Å². The highest BCUT2D eigenvalue weighted by molar-refractivity contribution is 6.51. The average Bonchev–Trinajstić information content (AvgIpc) is 3.00. The molecule has 1 atom stereocenters. The topological polar surface area (TPSA) is 57.6 Å². The molecule has 3 aromatic rings. The number of nitrogens with zero attached hydrogens (tertiary/aromatic N) is 1. The molecule has 0 radical (unpaired) electrons. The van der Waals surface area contributed by atoms with Crippen LogP contribution in [0.5, 0.6) is 0 Å². The van der Waals surface area contributed by atoms with Crippen molar-refractivity contribution in [1.29, 1.82) is 0 Å². The summed E-state index contributed by atoms with van der Waals surface area (Å²) in [6.07, 6.45) is 0. The zero-order valence-corrected chi connectivity index (χ0v) is 14.4. The number of rotatable bonds is 3. The fourth-order valence-electron chi connectivity index (χ4n) is 3.39. The first kappa shape index (κ1) is 16.8. The Morgan fingerprint density at radius 3 is 1.85 bits per heavy atom. The van der Waals surface area contributed by atoms with Gasteiger partial charge in [0.05, 0.1) is 11.6 Å². The standard InChI is InChI=1S/C23H17NO3/c25-21(17-12-6-2-7-13-17)19-20(16-10-4-1-5-11-16)24(23(27)22(19)26)18-14-8-3-9-15-18/h1-15,20,25H. The Morgan fingerprint density at radius 2 is 1.26 bits per heavy atom. The van der Waals surface area contributed by atoms with Gasteiger partial charge in [0, 0.05) is 11.3 Å². The van der Waals surface area contributed by atoms with E-state index in [9.17, 15) is 14.7 Å². The van der Waals surface area contributed by atoms with E-state index in [1.54, 1.807) is 36.4 Å². The summed E-state index contributed by atoms with van der Waals surface area (Å²) in [5, 5.41) is 10.9. The summed E-state index contributed by atoms with van der Waals surface area (Å²) >= 11 is 0. The van der Waals surface area contributed by atoms with Gasteiger partial charge in [-0.05, 0) is 17.7 Å². The first-order valence-electron chi connectivity index (χ1n) is 8.65. The minimum atomic E-state index is -0.686. The number of carbonyl (C=O) groups is 2. The molecule has 0 aromatic heterocycles. The second-order valence-corrected chi connectivity index (χ2v) is 6.28. The van der Waals surface area contributed by atoms with Crippen LogP contribution in [0.2, 0.25) is 0 Å². The van der Waals surface area contributed by atoms with Crippen molar-refractivity contribution in [2.45, 2.75) is 6.04 Å². The predicted molar refractivity (Wildman–Crippen MR) is 104 cm³/mol. The van der Waals surface area contributed by atoms with Gasteiger partial charge in [0.15, 0.2) is 0 Å². The molecule has 1 amide bonds. The van der Waals surface area contributed by atoms with Crippen LogP contribution in [0, 0.1) is 0 Å². The Morgan fingerprint density at radius 1 is 0.741 bits per heavy atom. The van der Waals surface area contributed by atoms with Crippen LogP contribution < -0.4 is 4.90 Å². The summed E-state index contributed by atoms with van der Waals surface area (Å²) in [7, 11) is 0. The molecule has 4 nitrogen and oxygen atoms in total. The maximum atomic E-state index is 12.9. The lowest BCUT2D eigenvalue weighted by atomic mass is 9.95. The van der Waals surface area contributed by atoms with E-state index in [0.717, 1.165) is 5.56 Å². The maximum absolute atomic E-state index is 12.9. The van der Waals surface area contributed by atoms with E-state index >= 15 is 0 Å². The summed E-state index contributed by atoms with van der Waals surface area (Å²) in [4.78, 5) is 27.2. The molecule has 4 rings (SSSR count). The molecular formula is C23H17NO3. The zero-order chi connectivity index (χ0) is 18.8. The largest absolute Gasteiger partial charge is 0.507 e. The molecule has 1 saturated heterocycles. The van der Waals surface area contributed by atoms with E-state index < -0.39 is 17.7 Å². The van der Waals surface area contributed by atoms with Gasteiger partial charge < -0.3 is 5.11 Å². The van der Waals surface area contributed by atoms with Gasteiger partial charge >= 0.3 is 0 Å². The quantitative estimate of drug-likeness (QED) is 0.433. The average molecular weight is 355 g/mol. The van der Waals surface area contributed by atoms with Crippen LogP contribution in [-0.4, -0.2) is 16.8 Å². The third kappa shape index (κ3) is 2.91. The number of hydrogen-bond donors (Lipinski definition) is 1. The molecule has 1 heterocycles. The van der Waals surface area contributed by atoms with Crippen molar-refractivity contribution in [3.05, 3.63) is 108 Å². The lowest BCUT2D eigenvalue weighted by molar-refractivity contribution is -0.132. The summed E-state index contributed by atoms with van der Waals surface area (Å²) in [6.45, 7) is 0. The van der Waals surface area contributed by atoms with Crippen molar-refractivity contribution >= 4 is 23.1 Å². The molecule has 0 spiro atoms. The number of carbonyl (C=O) groups excluding carboxylic acids is 2. The van der Waals surface area contributed by atoms with Crippen molar-refractivity contribution < 1.29 is 14.7 Å². The van der Waals surface area contributed by atoms with Crippen LogP contribution in [-0.2, 0) is 9.59 Å². The zero-order valence-electron chi connectivity index (χ0n) is 14.4. The summed E-state index contributed by atoms with van der Waals surface area (Å²) in [5.74, 6) is -1.50. The molecule has 0 bridgehead atoms. The first-order valence-corrected chi connectivity index (χ1v) is 8.65. The number of ketones is 1.